The summed E-state index contributed by atoms with van der Waals surface area (Å²) in [5, 5.41) is 3.67. The number of hydrogen-bond acceptors (Lipinski definition) is 4. The maximum absolute atomic E-state index is 14.0. The van der Waals surface area contributed by atoms with Crippen LogP contribution in [0.4, 0.5) is 5.69 Å². The van der Waals surface area contributed by atoms with Crippen LogP contribution in [0.1, 0.15) is 50.2 Å². The van der Waals surface area contributed by atoms with E-state index in [2.05, 4.69) is 5.32 Å². The Hall–Kier alpha value is -3.36. The number of nitrogens with one attached hydrogen (secondary N) is 1. The highest BCUT2D eigenvalue weighted by Crippen LogP contribution is 2.26. The van der Waals surface area contributed by atoms with Gasteiger partial charge in [-0.05, 0) is 74.2 Å². The van der Waals surface area contributed by atoms with Gasteiger partial charge in [0, 0.05) is 17.6 Å². The lowest BCUT2D eigenvalue weighted by Gasteiger charge is -2.33. The Morgan fingerprint density at radius 3 is 2.27 bits per heavy atom. The Bertz CT molecular complexity index is 1410. The summed E-state index contributed by atoms with van der Waals surface area (Å²) >= 11 is 6.07. The highest BCUT2D eigenvalue weighted by atomic mass is 35.5. The van der Waals surface area contributed by atoms with Gasteiger partial charge in [-0.1, -0.05) is 73.3 Å². The van der Waals surface area contributed by atoms with Gasteiger partial charge in [0.05, 0.1) is 10.6 Å². The predicted molar refractivity (Wildman–Crippen MR) is 159 cm³/mol. The zero-order valence-electron chi connectivity index (χ0n) is 22.9. The standard InChI is InChI=1S/C31H36ClN3O4S/c1-23-10-9-13-28(20-23)35(40(38,39)29-14-7-4-8-15-29)22-30(36)34(21-25-16-18-26(32)19-17-25)24(2)31(37)33-27-11-5-3-6-12-27/h4,7-10,13-20,24,27H,3,5-6,11-12,21-22H2,1-2H3,(H,33,37). The fraction of sp³-hybridized carbons (Fsp3) is 0.355. The molecular formula is C31H36ClN3O4S. The molecular weight excluding hydrogens is 546 g/mol. The number of sulfonamides is 1. The zero-order chi connectivity index (χ0) is 28.7. The highest BCUT2D eigenvalue weighted by molar-refractivity contribution is 7.92. The molecule has 3 aromatic rings. The van der Waals surface area contributed by atoms with Gasteiger partial charge in [0.2, 0.25) is 11.8 Å². The van der Waals surface area contributed by atoms with Gasteiger partial charge in [0.25, 0.3) is 10.0 Å². The van der Waals surface area contributed by atoms with Crippen molar-refractivity contribution in [3.05, 3.63) is 95.0 Å². The van der Waals surface area contributed by atoms with E-state index in [1.165, 1.54) is 17.0 Å². The average Bonchev–Trinajstić information content (AvgIpc) is 2.96. The van der Waals surface area contributed by atoms with E-state index in [1.807, 2.05) is 13.0 Å². The van der Waals surface area contributed by atoms with Crippen molar-refractivity contribution in [2.24, 2.45) is 0 Å². The van der Waals surface area contributed by atoms with Crippen molar-refractivity contribution in [1.82, 2.24) is 10.2 Å². The fourth-order valence-electron chi connectivity index (χ4n) is 4.97. The second kappa shape index (κ2) is 13.3. The number of benzene rings is 3. The van der Waals surface area contributed by atoms with Crippen LogP contribution in [-0.4, -0.2) is 43.8 Å². The van der Waals surface area contributed by atoms with Crippen molar-refractivity contribution in [1.29, 1.82) is 0 Å². The number of halogens is 1. The first-order valence-corrected chi connectivity index (χ1v) is 15.5. The first kappa shape index (κ1) is 29.6. The molecule has 0 spiro atoms. The number of carbonyl (C=O) groups is 2. The Labute approximate surface area is 242 Å². The van der Waals surface area contributed by atoms with E-state index in [9.17, 15) is 18.0 Å². The van der Waals surface area contributed by atoms with Gasteiger partial charge in [0.15, 0.2) is 0 Å². The molecule has 2 amide bonds. The lowest BCUT2D eigenvalue weighted by Crippen LogP contribution is -2.53. The normalized spacial score (nSPS) is 14.8. The summed E-state index contributed by atoms with van der Waals surface area (Å²) < 4.78 is 28.8. The van der Waals surface area contributed by atoms with Crippen LogP contribution in [0.25, 0.3) is 0 Å². The quantitative estimate of drug-likeness (QED) is 0.332. The van der Waals surface area contributed by atoms with Gasteiger partial charge in [-0.2, -0.15) is 0 Å². The first-order valence-electron chi connectivity index (χ1n) is 13.6. The van der Waals surface area contributed by atoms with Crippen LogP contribution in [0, 0.1) is 6.92 Å². The molecule has 0 heterocycles. The second-order valence-electron chi connectivity index (χ2n) is 10.3. The number of anilines is 1. The van der Waals surface area contributed by atoms with Crippen LogP contribution in [-0.2, 0) is 26.2 Å². The van der Waals surface area contributed by atoms with Crippen molar-refractivity contribution in [2.45, 2.75) is 69.5 Å². The average molecular weight is 582 g/mol. The van der Waals surface area contributed by atoms with E-state index in [-0.39, 0.29) is 23.4 Å². The molecule has 4 rings (SSSR count). The maximum atomic E-state index is 14.0. The lowest BCUT2D eigenvalue weighted by molar-refractivity contribution is -0.139. The number of amides is 2. The van der Waals surface area contributed by atoms with Gasteiger partial charge >= 0.3 is 0 Å². The Morgan fingerprint density at radius 2 is 1.62 bits per heavy atom. The molecule has 1 saturated carbocycles. The van der Waals surface area contributed by atoms with E-state index in [1.54, 1.807) is 67.6 Å². The Kier molecular flexibility index (Phi) is 9.87. The monoisotopic (exact) mass is 581 g/mol. The lowest BCUT2D eigenvalue weighted by atomic mass is 9.95. The number of hydrogen-bond donors (Lipinski definition) is 1. The van der Waals surface area contributed by atoms with Crippen LogP contribution in [0.2, 0.25) is 5.02 Å². The molecule has 3 aromatic carbocycles. The maximum Gasteiger partial charge on any atom is 0.264 e. The third-order valence-corrected chi connectivity index (χ3v) is 9.32. The minimum absolute atomic E-state index is 0.0802. The second-order valence-corrected chi connectivity index (χ2v) is 12.6. The zero-order valence-corrected chi connectivity index (χ0v) is 24.5. The van der Waals surface area contributed by atoms with E-state index in [0.717, 1.165) is 47.5 Å². The fourth-order valence-corrected chi connectivity index (χ4v) is 6.52. The smallest absolute Gasteiger partial charge is 0.264 e. The molecule has 1 aliphatic carbocycles. The molecule has 0 radical (unpaired) electrons. The summed E-state index contributed by atoms with van der Waals surface area (Å²) in [5.74, 6) is -0.732. The molecule has 1 aliphatic rings. The number of rotatable bonds is 10. The van der Waals surface area contributed by atoms with Gasteiger partial charge in [-0.15, -0.1) is 0 Å². The molecule has 7 nitrogen and oxygen atoms in total. The van der Waals surface area contributed by atoms with Crippen molar-refractivity contribution < 1.29 is 18.0 Å². The van der Waals surface area contributed by atoms with Crippen LogP contribution < -0.4 is 9.62 Å². The molecule has 0 saturated heterocycles. The predicted octanol–water partition coefficient (Wildman–Crippen LogP) is 5.71. The van der Waals surface area contributed by atoms with E-state index in [4.69, 9.17) is 11.6 Å². The van der Waals surface area contributed by atoms with Crippen molar-refractivity contribution in [2.75, 3.05) is 10.8 Å². The van der Waals surface area contributed by atoms with Crippen LogP contribution in [0.5, 0.6) is 0 Å². The number of carbonyl (C=O) groups excluding carboxylic acids is 2. The summed E-state index contributed by atoms with van der Waals surface area (Å²) in [7, 11) is -4.08. The van der Waals surface area contributed by atoms with Gasteiger partial charge in [-0.3, -0.25) is 13.9 Å². The SMILES string of the molecule is Cc1cccc(N(CC(=O)N(Cc2ccc(Cl)cc2)C(C)C(=O)NC2CCCCC2)S(=O)(=O)c2ccccc2)c1. The van der Waals surface area contributed by atoms with Gasteiger partial charge < -0.3 is 10.2 Å². The first-order chi connectivity index (χ1) is 19.1. The minimum Gasteiger partial charge on any atom is -0.352 e. The van der Waals surface area contributed by atoms with E-state index in [0.29, 0.717) is 10.7 Å². The molecule has 1 unspecified atom stereocenters. The van der Waals surface area contributed by atoms with Gasteiger partial charge in [-0.25, -0.2) is 8.42 Å². The molecule has 1 atom stereocenters. The molecule has 1 fully saturated rings. The number of nitrogens with zero attached hydrogens (tertiary/aromatic N) is 2. The minimum atomic E-state index is -4.08. The largest absolute Gasteiger partial charge is 0.352 e. The molecule has 212 valence electrons. The van der Waals surface area contributed by atoms with Gasteiger partial charge in [0.1, 0.15) is 12.6 Å². The topological polar surface area (TPSA) is 86.8 Å². The Morgan fingerprint density at radius 1 is 0.950 bits per heavy atom. The van der Waals surface area contributed by atoms with Crippen LogP contribution >= 0.6 is 11.6 Å². The summed E-state index contributed by atoms with van der Waals surface area (Å²) in [6.45, 7) is 3.22. The van der Waals surface area contributed by atoms with E-state index >= 15 is 0 Å². The third kappa shape index (κ3) is 7.43. The van der Waals surface area contributed by atoms with Crippen molar-refractivity contribution in [3.8, 4) is 0 Å². The highest BCUT2D eigenvalue weighted by Gasteiger charge is 2.33. The molecule has 0 aromatic heterocycles. The molecule has 0 bridgehead atoms. The van der Waals surface area contributed by atoms with Crippen LogP contribution in [0.15, 0.2) is 83.8 Å². The molecule has 40 heavy (non-hydrogen) atoms. The molecule has 9 heteroatoms. The molecule has 0 aliphatic heterocycles. The van der Waals surface area contributed by atoms with Crippen molar-refractivity contribution >= 4 is 39.1 Å². The summed E-state index contributed by atoms with van der Waals surface area (Å²) in [4.78, 5) is 28.9. The molecule has 1 N–H and O–H groups in total. The van der Waals surface area contributed by atoms with Crippen molar-refractivity contribution in [3.63, 3.8) is 0 Å². The summed E-state index contributed by atoms with van der Waals surface area (Å²) in [6, 6.07) is 21.4. The summed E-state index contributed by atoms with van der Waals surface area (Å²) in [6.07, 6.45) is 5.12. The Balaban J connectivity index is 1.66. The summed E-state index contributed by atoms with van der Waals surface area (Å²) in [5.41, 5.74) is 2.02. The third-order valence-electron chi connectivity index (χ3n) is 7.28. The van der Waals surface area contributed by atoms with E-state index < -0.39 is 28.5 Å². The number of aryl methyl sites for hydroxylation is 1. The van der Waals surface area contributed by atoms with Crippen LogP contribution in [0.3, 0.4) is 0 Å².